The molecule has 0 aliphatic carbocycles. The van der Waals surface area contributed by atoms with Gasteiger partial charge in [0.05, 0.1) is 12.3 Å². The fraction of sp³-hybridized carbons (Fsp3) is 0.385. The molecule has 0 aliphatic rings. The standard InChI is InChI=1S/C13H16O4/c1-8(2)9-5-3-4-6-10(9)11(13(16)17)7-12(14)15/h3-6,8,11H,7H2,1-2H3,(H,14,15)(H,16,17). The minimum absolute atomic E-state index is 0.168. The van der Waals surface area contributed by atoms with E-state index in [-0.39, 0.29) is 12.3 Å². The summed E-state index contributed by atoms with van der Waals surface area (Å²) in [6, 6.07) is 7.10. The van der Waals surface area contributed by atoms with Gasteiger partial charge in [0, 0.05) is 0 Å². The van der Waals surface area contributed by atoms with Gasteiger partial charge in [0.2, 0.25) is 0 Å². The van der Waals surface area contributed by atoms with Gasteiger partial charge in [0.25, 0.3) is 0 Å². The Kier molecular flexibility index (Phi) is 4.26. The van der Waals surface area contributed by atoms with Gasteiger partial charge in [-0.05, 0) is 17.0 Å². The average molecular weight is 236 g/mol. The second-order valence-corrected chi connectivity index (χ2v) is 4.27. The van der Waals surface area contributed by atoms with E-state index in [1.807, 2.05) is 26.0 Å². The van der Waals surface area contributed by atoms with Gasteiger partial charge in [0.1, 0.15) is 0 Å². The Morgan fingerprint density at radius 2 is 1.65 bits per heavy atom. The molecule has 2 N–H and O–H groups in total. The van der Waals surface area contributed by atoms with Gasteiger partial charge in [0.15, 0.2) is 0 Å². The van der Waals surface area contributed by atoms with E-state index in [1.54, 1.807) is 12.1 Å². The Labute approximate surface area is 99.9 Å². The number of carbonyl (C=O) groups is 2. The van der Waals surface area contributed by atoms with Gasteiger partial charge in [-0.15, -0.1) is 0 Å². The molecule has 1 rings (SSSR count). The Bertz CT molecular complexity index is 423. The van der Waals surface area contributed by atoms with Crippen LogP contribution in [-0.2, 0) is 9.59 Å². The highest BCUT2D eigenvalue weighted by atomic mass is 16.4. The smallest absolute Gasteiger partial charge is 0.311 e. The van der Waals surface area contributed by atoms with Gasteiger partial charge in [-0.2, -0.15) is 0 Å². The Balaban J connectivity index is 3.18. The molecule has 0 saturated heterocycles. The summed E-state index contributed by atoms with van der Waals surface area (Å²) in [4.78, 5) is 21.9. The lowest BCUT2D eigenvalue weighted by Crippen LogP contribution is -2.17. The van der Waals surface area contributed by atoms with E-state index in [0.717, 1.165) is 5.56 Å². The van der Waals surface area contributed by atoms with E-state index in [2.05, 4.69) is 0 Å². The van der Waals surface area contributed by atoms with Crippen LogP contribution in [0.5, 0.6) is 0 Å². The van der Waals surface area contributed by atoms with Crippen LogP contribution in [-0.4, -0.2) is 22.2 Å². The monoisotopic (exact) mass is 236 g/mol. The Morgan fingerprint density at radius 1 is 1.12 bits per heavy atom. The summed E-state index contributed by atoms with van der Waals surface area (Å²) < 4.78 is 0. The third-order valence-electron chi connectivity index (χ3n) is 2.67. The van der Waals surface area contributed by atoms with E-state index in [4.69, 9.17) is 10.2 Å². The SMILES string of the molecule is CC(C)c1ccccc1C(CC(=O)O)C(=O)O. The molecule has 0 saturated carbocycles. The lowest BCUT2D eigenvalue weighted by atomic mass is 9.87. The van der Waals surface area contributed by atoms with Crippen molar-refractivity contribution in [3.8, 4) is 0 Å². The Morgan fingerprint density at radius 3 is 2.06 bits per heavy atom. The molecule has 0 bridgehead atoms. The fourth-order valence-electron chi connectivity index (χ4n) is 1.86. The molecule has 0 aromatic heterocycles. The maximum atomic E-state index is 11.1. The third-order valence-corrected chi connectivity index (χ3v) is 2.67. The molecular weight excluding hydrogens is 220 g/mol. The van der Waals surface area contributed by atoms with Crippen LogP contribution < -0.4 is 0 Å². The van der Waals surface area contributed by atoms with E-state index in [9.17, 15) is 9.59 Å². The first-order valence-corrected chi connectivity index (χ1v) is 5.47. The maximum absolute atomic E-state index is 11.1. The highest BCUT2D eigenvalue weighted by Crippen LogP contribution is 2.28. The van der Waals surface area contributed by atoms with Crippen LogP contribution in [0, 0.1) is 0 Å². The molecule has 1 unspecified atom stereocenters. The molecule has 0 radical (unpaired) electrons. The molecule has 1 aromatic carbocycles. The van der Waals surface area contributed by atoms with Gasteiger partial charge >= 0.3 is 11.9 Å². The molecule has 4 heteroatoms. The highest BCUT2D eigenvalue weighted by molar-refractivity contribution is 5.82. The minimum Gasteiger partial charge on any atom is -0.481 e. The lowest BCUT2D eigenvalue weighted by Gasteiger charge is -2.17. The highest BCUT2D eigenvalue weighted by Gasteiger charge is 2.25. The van der Waals surface area contributed by atoms with Crippen LogP contribution in [0.4, 0.5) is 0 Å². The van der Waals surface area contributed by atoms with Crippen molar-refractivity contribution in [2.45, 2.75) is 32.1 Å². The quantitative estimate of drug-likeness (QED) is 0.823. The van der Waals surface area contributed by atoms with E-state index in [1.165, 1.54) is 0 Å². The van der Waals surface area contributed by atoms with Crippen LogP contribution in [0.15, 0.2) is 24.3 Å². The molecule has 0 heterocycles. The molecule has 17 heavy (non-hydrogen) atoms. The van der Waals surface area contributed by atoms with Gasteiger partial charge in [-0.1, -0.05) is 38.1 Å². The summed E-state index contributed by atoms with van der Waals surface area (Å²) in [7, 11) is 0. The van der Waals surface area contributed by atoms with Crippen molar-refractivity contribution >= 4 is 11.9 Å². The number of carboxylic acid groups (broad SMARTS) is 2. The van der Waals surface area contributed by atoms with Gasteiger partial charge in [-0.3, -0.25) is 9.59 Å². The molecular formula is C13H16O4. The predicted molar refractivity (Wildman–Crippen MR) is 63.2 cm³/mol. The van der Waals surface area contributed by atoms with Crippen molar-refractivity contribution in [2.75, 3.05) is 0 Å². The molecule has 1 atom stereocenters. The first-order chi connectivity index (χ1) is 7.93. The van der Waals surface area contributed by atoms with Crippen LogP contribution in [0.25, 0.3) is 0 Å². The normalized spacial score (nSPS) is 12.4. The van der Waals surface area contributed by atoms with Crippen LogP contribution in [0.3, 0.4) is 0 Å². The summed E-state index contributed by atoms with van der Waals surface area (Å²) in [5, 5.41) is 17.9. The minimum atomic E-state index is -1.10. The van der Waals surface area contributed by atoms with Crippen molar-refractivity contribution < 1.29 is 19.8 Å². The first kappa shape index (κ1) is 13.2. The molecule has 0 aliphatic heterocycles. The molecule has 0 spiro atoms. The summed E-state index contributed by atoms with van der Waals surface area (Å²) in [6.45, 7) is 3.91. The number of carboxylic acids is 2. The van der Waals surface area contributed by atoms with Crippen LogP contribution in [0.1, 0.15) is 43.2 Å². The Hall–Kier alpha value is -1.84. The van der Waals surface area contributed by atoms with Crippen molar-refractivity contribution in [2.24, 2.45) is 0 Å². The lowest BCUT2D eigenvalue weighted by molar-refractivity contribution is -0.145. The van der Waals surface area contributed by atoms with Crippen LogP contribution >= 0.6 is 0 Å². The second kappa shape index (κ2) is 5.48. The second-order valence-electron chi connectivity index (χ2n) is 4.27. The number of rotatable bonds is 5. The zero-order valence-corrected chi connectivity index (χ0v) is 9.88. The van der Waals surface area contributed by atoms with Crippen molar-refractivity contribution in [1.29, 1.82) is 0 Å². The number of aliphatic carboxylic acids is 2. The number of hydrogen-bond donors (Lipinski definition) is 2. The topological polar surface area (TPSA) is 74.6 Å². The summed E-state index contributed by atoms with van der Waals surface area (Å²) in [5.74, 6) is -3.01. The summed E-state index contributed by atoms with van der Waals surface area (Å²) >= 11 is 0. The predicted octanol–water partition coefficient (Wildman–Crippen LogP) is 2.45. The molecule has 0 fully saturated rings. The molecule has 92 valence electrons. The zero-order valence-electron chi connectivity index (χ0n) is 9.88. The average Bonchev–Trinajstić information content (AvgIpc) is 2.25. The maximum Gasteiger partial charge on any atom is 0.311 e. The number of hydrogen-bond acceptors (Lipinski definition) is 2. The van der Waals surface area contributed by atoms with Gasteiger partial charge in [-0.25, -0.2) is 0 Å². The fourth-order valence-corrected chi connectivity index (χ4v) is 1.86. The largest absolute Gasteiger partial charge is 0.481 e. The van der Waals surface area contributed by atoms with Crippen molar-refractivity contribution in [3.63, 3.8) is 0 Å². The molecule has 1 aromatic rings. The van der Waals surface area contributed by atoms with Crippen molar-refractivity contribution in [3.05, 3.63) is 35.4 Å². The van der Waals surface area contributed by atoms with Crippen LogP contribution in [0.2, 0.25) is 0 Å². The zero-order chi connectivity index (χ0) is 13.0. The van der Waals surface area contributed by atoms with E-state index < -0.39 is 17.9 Å². The van der Waals surface area contributed by atoms with Gasteiger partial charge < -0.3 is 10.2 Å². The molecule has 4 nitrogen and oxygen atoms in total. The van der Waals surface area contributed by atoms with Crippen molar-refractivity contribution in [1.82, 2.24) is 0 Å². The van der Waals surface area contributed by atoms with E-state index >= 15 is 0 Å². The van der Waals surface area contributed by atoms with E-state index in [0.29, 0.717) is 5.56 Å². The number of benzene rings is 1. The summed E-state index contributed by atoms with van der Waals surface area (Å²) in [6.07, 6.45) is -0.390. The first-order valence-electron chi connectivity index (χ1n) is 5.47. The molecule has 0 amide bonds. The summed E-state index contributed by atoms with van der Waals surface area (Å²) in [5.41, 5.74) is 1.48. The third kappa shape index (κ3) is 3.31.